The molecule has 3 N–H and O–H groups in total. The first-order valence-electron chi connectivity index (χ1n) is 9.06. The second-order valence-electron chi connectivity index (χ2n) is 6.19. The van der Waals surface area contributed by atoms with Gasteiger partial charge in [0.1, 0.15) is 0 Å². The van der Waals surface area contributed by atoms with Gasteiger partial charge in [0.25, 0.3) is 5.91 Å². The number of benzene rings is 2. The molecule has 0 spiro atoms. The largest absolute Gasteiger partial charge is 0.366 e. The van der Waals surface area contributed by atoms with E-state index in [9.17, 15) is 18.0 Å². The molecule has 0 radical (unpaired) electrons. The topological polar surface area (TPSA) is 110 Å². The van der Waals surface area contributed by atoms with Gasteiger partial charge in [0.2, 0.25) is 15.9 Å². The number of amides is 2. The highest BCUT2D eigenvalue weighted by molar-refractivity contribution is 7.89. The van der Waals surface area contributed by atoms with E-state index in [1.807, 2.05) is 6.07 Å². The number of carbonyl (C=O) groups excluding carboxylic acids is 2. The lowest BCUT2D eigenvalue weighted by Gasteiger charge is -2.18. The van der Waals surface area contributed by atoms with Crippen LogP contribution in [0.5, 0.6) is 0 Å². The summed E-state index contributed by atoms with van der Waals surface area (Å²) >= 11 is 0. The number of rotatable bonds is 9. The predicted octanol–water partition coefficient (Wildman–Crippen LogP) is 1.79. The van der Waals surface area contributed by atoms with Gasteiger partial charge < -0.3 is 11.1 Å². The molecule has 0 aliphatic carbocycles. The summed E-state index contributed by atoms with van der Waals surface area (Å²) in [6.07, 6.45) is 0.518. The van der Waals surface area contributed by atoms with E-state index in [0.717, 1.165) is 5.56 Å². The van der Waals surface area contributed by atoms with Crippen molar-refractivity contribution in [2.45, 2.75) is 25.2 Å². The number of hydrogen-bond acceptors (Lipinski definition) is 4. The molecule has 0 fully saturated rings. The van der Waals surface area contributed by atoms with Crippen LogP contribution in [0, 0.1) is 0 Å². The third-order valence-electron chi connectivity index (χ3n) is 4.35. The summed E-state index contributed by atoms with van der Waals surface area (Å²) in [6, 6.07) is 12.9. The zero-order valence-corrected chi connectivity index (χ0v) is 16.8. The van der Waals surface area contributed by atoms with Crippen LogP contribution in [-0.2, 0) is 16.4 Å². The van der Waals surface area contributed by atoms with E-state index in [-0.39, 0.29) is 16.4 Å². The van der Waals surface area contributed by atoms with Gasteiger partial charge in [0.15, 0.2) is 0 Å². The zero-order valence-electron chi connectivity index (χ0n) is 16.0. The minimum atomic E-state index is -3.62. The fourth-order valence-electron chi connectivity index (χ4n) is 2.81. The molecule has 0 atom stereocenters. The summed E-state index contributed by atoms with van der Waals surface area (Å²) in [5.41, 5.74) is 6.83. The summed E-state index contributed by atoms with van der Waals surface area (Å²) in [7, 11) is -3.62. The van der Waals surface area contributed by atoms with E-state index < -0.39 is 15.9 Å². The predicted molar refractivity (Wildman–Crippen MR) is 108 cm³/mol. The molecule has 0 aliphatic heterocycles. The second kappa shape index (κ2) is 9.48. The molecule has 0 aliphatic rings. The Bertz CT molecular complexity index is 953. The van der Waals surface area contributed by atoms with Gasteiger partial charge in [-0.2, -0.15) is 4.31 Å². The van der Waals surface area contributed by atoms with E-state index in [4.69, 9.17) is 5.73 Å². The molecule has 150 valence electrons. The molecule has 2 aromatic rings. The Labute approximate surface area is 165 Å². The Hall–Kier alpha value is -2.71. The van der Waals surface area contributed by atoms with Gasteiger partial charge in [0, 0.05) is 30.8 Å². The molecule has 0 aromatic heterocycles. The summed E-state index contributed by atoms with van der Waals surface area (Å²) in [5.74, 6) is -0.861. The van der Waals surface area contributed by atoms with Crippen molar-refractivity contribution in [3.05, 3.63) is 65.2 Å². The average molecular weight is 404 g/mol. The van der Waals surface area contributed by atoms with Gasteiger partial charge in [-0.3, -0.25) is 9.59 Å². The van der Waals surface area contributed by atoms with Crippen LogP contribution in [-0.4, -0.2) is 44.2 Å². The van der Waals surface area contributed by atoms with Gasteiger partial charge in [-0.05, 0) is 42.3 Å². The fourth-order valence-corrected chi connectivity index (χ4v) is 4.32. The number of hydrogen-bond donors (Lipinski definition) is 2. The van der Waals surface area contributed by atoms with Gasteiger partial charge in [0.05, 0.1) is 4.90 Å². The smallest absolute Gasteiger partial charge is 0.251 e. The summed E-state index contributed by atoms with van der Waals surface area (Å²) < 4.78 is 26.6. The number of nitrogens with one attached hydrogen (secondary N) is 1. The molecule has 0 unspecified atom stereocenters. The lowest BCUT2D eigenvalue weighted by molar-refractivity contribution is 0.0952. The minimum Gasteiger partial charge on any atom is -0.366 e. The third-order valence-corrected chi connectivity index (χ3v) is 6.40. The first-order valence-corrected chi connectivity index (χ1v) is 10.5. The molecule has 0 bridgehead atoms. The van der Waals surface area contributed by atoms with Crippen LogP contribution in [0.4, 0.5) is 0 Å². The van der Waals surface area contributed by atoms with Crippen molar-refractivity contribution >= 4 is 21.8 Å². The Morgan fingerprint density at radius 1 is 1.00 bits per heavy atom. The van der Waals surface area contributed by atoms with Crippen molar-refractivity contribution in [3.63, 3.8) is 0 Å². The van der Waals surface area contributed by atoms with Crippen LogP contribution >= 0.6 is 0 Å². The molecular formula is C20H25N3O4S. The van der Waals surface area contributed by atoms with Crippen molar-refractivity contribution in [1.82, 2.24) is 9.62 Å². The van der Waals surface area contributed by atoms with Crippen molar-refractivity contribution in [2.75, 3.05) is 19.6 Å². The molecule has 28 heavy (non-hydrogen) atoms. The van der Waals surface area contributed by atoms with Crippen molar-refractivity contribution in [2.24, 2.45) is 5.73 Å². The quantitative estimate of drug-likeness (QED) is 0.665. The Morgan fingerprint density at radius 3 is 2.29 bits per heavy atom. The molecule has 7 nitrogen and oxygen atoms in total. The molecule has 2 amide bonds. The summed E-state index contributed by atoms with van der Waals surface area (Å²) in [6.45, 7) is 4.60. The van der Waals surface area contributed by atoms with Crippen LogP contribution in [0.2, 0.25) is 0 Å². The van der Waals surface area contributed by atoms with E-state index >= 15 is 0 Å². The van der Waals surface area contributed by atoms with E-state index in [0.29, 0.717) is 31.6 Å². The Kier molecular flexibility index (Phi) is 7.31. The Morgan fingerprint density at radius 2 is 1.64 bits per heavy atom. The first kappa shape index (κ1) is 21.6. The van der Waals surface area contributed by atoms with E-state index in [1.54, 1.807) is 44.2 Å². The third kappa shape index (κ3) is 5.17. The van der Waals surface area contributed by atoms with Crippen molar-refractivity contribution in [3.8, 4) is 0 Å². The monoisotopic (exact) mass is 403 g/mol. The summed E-state index contributed by atoms with van der Waals surface area (Å²) in [4.78, 5) is 23.7. The molecular weight excluding hydrogens is 378 g/mol. The van der Waals surface area contributed by atoms with Crippen molar-refractivity contribution in [1.29, 1.82) is 0 Å². The highest BCUT2D eigenvalue weighted by atomic mass is 32.2. The SMILES string of the molecule is CCN(CC)S(=O)(=O)c1cccc(C(=O)NCCc2cccc(C(N)=O)c2)c1. The molecule has 2 aromatic carbocycles. The maximum Gasteiger partial charge on any atom is 0.251 e. The van der Waals surface area contributed by atoms with E-state index in [2.05, 4.69) is 5.32 Å². The normalized spacial score (nSPS) is 11.4. The minimum absolute atomic E-state index is 0.0954. The molecule has 8 heteroatoms. The maximum absolute atomic E-state index is 12.6. The lowest BCUT2D eigenvalue weighted by Crippen LogP contribution is -2.31. The second-order valence-corrected chi connectivity index (χ2v) is 8.13. The van der Waals surface area contributed by atoms with Crippen LogP contribution in [0.15, 0.2) is 53.4 Å². The number of sulfonamides is 1. The van der Waals surface area contributed by atoms with E-state index in [1.165, 1.54) is 16.4 Å². The number of nitrogens with zero attached hydrogens (tertiary/aromatic N) is 1. The Balaban J connectivity index is 2.05. The number of carbonyl (C=O) groups is 2. The maximum atomic E-state index is 12.6. The molecule has 0 saturated heterocycles. The fraction of sp³-hybridized carbons (Fsp3) is 0.300. The molecule has 0 heterocycles. The van der Waals surface area contributed by atoms with Crippen LogP contribution in [0.25, 0.3) is 0 Å². The van der Waals surface area contributed by atoms with Crippen LogP contribution in [0.1, 0.15) is 40.1 Å². The molecule has 2 rings (SSSR count). The lowest BCUT2D eigenvalue weighted by atomic mass is 10.1. The van der Waals surface area contributed by atoms with Gasteiger partial charge in [-0.25, -0.2) is 8.42 Å². The highest BCUT2D eigenvalue weighted by Gasteiger charge is 2.22. The highest BCUT2D eigenvalue weighted by Crippen LogP contribution is 2.17. The van der Waals surface area contributed by atoms with Gasteiger partial charge in [-0.1, -0.05) is 32.0 Å². The van der Waals surface area contributed by atoms with Gasteiger partial charge >= 0.3 is 0 Å². The molecule has 0 saturated carbocycles. The number of primary amides is 1. The van der Waals surface area contributed by atoms with Crippen LogP contribution < -0.4 is 11.1 Å². The first-order chi connectivity index (χ1) is 13.3. The standard InChI is InChI=1S/C20H25N3O4S/c1-3-23(4-2)28(26,27)18-10-6-9-17(14-18)20(25)22-12-11-15-7-5-8-16(13-15)19(21)24/h5-10,13-14H,3-4,11-12H2,1-2H3,(H2,21,24)(H,22,25). The zero-order chi connectivity index (χ0) is 20.7. The van der Waals surface area contributed by atoms with Crippen LogP contribution in [0.3, 0.4) is 0 Å². The average Bonchev–Trinajstić information content (AvgIpc) is 2.69. The van der Waals surface area contributed by atoms with Gasteiger partial charge in [-0.15, -0.1) is 0 Å². The number of nitrogens with two attached hydrogens (primary N) is 1. The van der Waals surface area contributed by atoms with Crippen molar-refractivity contribution < 1.29 is 18.0 Å². The summed E-state index contributed by atoms with van der Waals surface area (Å²) in [5, 5.41) is 2.77.